The molecular weight excluding hydrogens is 721 g/mol. The quantitative estimate of drug-likeness (QED) is 0.0263. The Morgan fingerprint density at radius 3 is 0.983 bits per heavy atom. The molecule has 6 heteroatoms. The van der Waals surface area contributed by atoms with Gasteiger partial charge in [0.05, 0.1) is 0 Å². The molecule has 58 heavy (non-hydrogen) atoms. The lowest BCUT2D eigenvalue weighted by molar-refractivity contribution is -0.167. The highest BCUT2D eigenvalue weighted by molar-refractivity contribution is 5.71. The molecule has 0 aromatic heterocycles. The lowest BCUT2D eigenvalue weighted by atomic mass is 10.0. The van der Waals surface area contributed by atoms with Gasteiger partial charge in [-0.05, 0) is 51.4 Å². The van der Waals surface area contributed by atoms with E-state index in [2.05, 4.69) is 45.1 Å². The molecule has 0 unspecified atom stereocenters. The van der Waals surface area contributed by atoms with Crippen LogP contribution in [0.25, 0.3) is 0 Å². The normalized spacial score (nSPS) is 12.1. The van der Waals surface area contributed by atoms with Crippen LogP contribution in [0.15, 0.2) is 24.3 Å². The van der Waals surface area contributed by atoms with Gasteiger partial charge in [-0.15, -0.1) is 0 Å². The number of rotatable bonds is 46. The summed E-state index contributed by atoms with van der Waals surface area (Å²) in [5, 5.41) is 0. The van der Waals surface area contributed by atoms with Crippen LogP contribution in [0.2, 0.25) is 0 Å². The van der Waals surface area contributed by atoms with E-state index in [1.165, 1.54) is 154 Å². The highest BCUT2D eigenvalue weighted by Crippen LogP contribution is 2.16. The van der Waals surface area contributed by atoms with Gasteiger partial charge in [-0.3, -0.25) is 14.4 Å². The second-order valence-corrected chi connectivity index (χ2v) is 17.1. The van der Waals surface area contributed by atoms with E-state index in [1.807, 2.05) is 0 Å². The fourth-order valence-electron chi connectivity index (χ4n) is 7.36. The molecule has 0 saturated carbocycles. The Balaban J connectivity index is 4.35. The van der Waals surface area contributed by atoms with Gasteiger partial charge in [-0.1, -0.05) is 225 Å². The van der Waals surface area contributed by atoms with Crippen LogP contribution in [-0.4, -0.2) is 37.2 Å². The molecule has 0 aromatic rings. The fourth-order valence-corrected chi connectivity index (χ4v) is 7.36. The Hall–Kier alpha value is -2.11. The van der Waals surface area contributed by atoms with Crippen molar-refractivity contribution in [3.05, 3.63) is 24.3 Å². The number of ether oxygens (including phenoxy) is 3. The molecule has 0 fully saturated rings. The first-order valence-electron chi connectivity index (χ1n) is 25.3. The van der Waals surface area contributed by atoms with Crippen LogP contribution < -0.4 is 0 Å². The maximum absolute atomic E-state index is 12.8. The van der Waals surface area contributed by atoms with Crippen molar-refractivity contribution in [1.82, 2.24) is 0 Å². The molecule has 0 aliphatic rings. The van der Waals surface area contributed by atoms with Gasteiger partial charge in [0.1, 0.15) is 13.2 Å². The molecule has 6 nitrogen and oxygen atoms in total. The molecule has 1 atom stereocenters. The predicted molar refractivity (Wildman–Crippen MR) is 247 cm³/mol. The first-order chi connectivity index (χ1) is 28.5. The number of carbonyl (C=O) groups is 3. The van der Waals surface area contributed by atoms with Crippen molar-refractivity contribution >= 4 is 17.9 Å². The molecule has 0 spiro atoms. The van der Waals surface area contributed by atoms with E-state index in [-0.39, 0.29) is 31.1 Å². The van der Waals surface area contributed by atoms with Crippen molar-refractivity contribution in [2.75, 3.05) is 13.2 Å². The minimum atomic E-state index is -0.769. The zero-order valence-corrected chi connectivity index (χ0v) is 38.8. The number of hydrogen-bond donors (Lipinski definition) is 0. The maximum Gasteiger partial charge on any atom is 0.306 e. The Labute approximate surface area is 360 Å². The van der Waals surface area contributed by atoms with Crippen molar-refractivity contribution in [3.63, 3.8) is 0 Å². The van der Waals surface area contributed by atoms with Crippen LogP contribution in [0.3, 0.4) is 0 Å². The van der Waals surface area contributed by atoms with Gasteiger partial charge in [0.25, 0.3) is 0 Å². The van der Waals surface area contributed by atoms with Crippen LogP contribution in [-0.2, 0) is 28.6 Å². The van der Waals surface area contributed by atoms with Crippen molar-refractivity contribution in [1.29, 1.82) is 0 Å². The van der Waals surface area contributed by atoms with Crippen molar-refractivity contribution in [2.45, 2.75) is 277 Å². The average molecular weight is 817 g/mol. The number of allylic oxidation sites excluding steroid dienone is 4. The maximum atomic E-state index is 12.8. The topological polar surface area (TPSA) is 78.9 Å². The summed E-state index contributed by atoms with van der Waals surface area (Å²) in [6, 6.07) is 0. The van der Waals surface area contributed by atoms with Crippen LogP contribution in [0.5, 0.6) is 0 Å². The molecule has 0 aromatic carbocycles. The van der Waals surface area contributed by atoms with Crippen LogP contribution >= 0.6 is 0 Å². The molecule has 0 rings (SSSR count). The summed E-state index contributed by atoms with van der Waals surface area (Å²) < 4.78 is 16.8. The van der Waals surface area contributed by atoms with E-state index >= 15 is 0 Å². The summed E-state index contributed by atoms with van der Waals surface area (Å²) >= 11 is 0. The van der Waals surface area contributed by atoms with E-state index in [9.17, 15) is 14.4 Å². The molecule has 0 N–H and O–H groups in total. The Morgan fingerprint density at radius 1 is 0.345 bits per heavy atom. The predicted octanol–water partition coefficient (Wildman–Crippen LogP) is 16.4. The molecular formula is C52H96O6. The smallest absolute Gasteiger partial charge is 0.306 e. The third-order valence-electron chi connectivity index (χ3n) is 11.2. The van der Waals surface area contributed by atoms with Crippen molar-refractivity contribution < 1.29 is 28.6 Å². The lowest BCUT2D eigenvalue weighted by Crippen LogP contribution is -2.30. The van der Waals surface area contributed by atoms with Gasteiger partial charge in [0.15, 0.2) is 6.10 Å². The SMILES string of the molecule is CCCCC/C=C\C/C=C\CCCCCCCC(=O)OC[C@@H](COC(=O)CCCCCCCCCCCCC)OC(=O)CCCCCCCCCCCCCCCC. The van der Waals surface area contributed by atoms with Crippen molar-refractivity contribution in [2.24, 2.45) is 0 Å². The zero-order chi connectivity index (χ0) is 42.3. The molecule has 0 amide bonds. The first kappa shape index (κ1) is 55.9. The highest BCUT2D eigenvalue weighted by Gasteiger charge is 2.19. The van der Waals surface area contributed by atoms with E-state index in [1.54, 1.807) is 0 Å². The summed E-state index contributed by atoms with van der Waals surface area (Å²) in [5.74, 6) is -0.874. The first-order valence-corrected chi connectivity index (χ1v) is 25.3. The lowest BCUT2D eigenvalue weighted by Gasteiger charge is -2.18. The summed E-state index contributed by atoms with van der Waals surface area (Å²) in [4.78, 5) is 37.9. The van der Waals surface area contributed by atoms with Crippen LogP contribution in [0.1, 0.15) is 271 Å². The molecule has 0 heterocycles. The molecule has 0 aliphatic heterocycles. The van der Waals surface area contributed by atoms with E-state index in [4.69, 9.17) is 14.2 Å². The average Bonchev–Trinajstić information content (AvgIpc) is 3.22. The van der Waals surface area contributed by atoms with Crippen molar-refractivity contribution in [3.8, 4) is 0 Å². The molecule has 0 radical (unpaired) electrons. The van der Waals surface area contributed by atoms with Crippen LogP contribution in [0, 0.1) is 0 Å². The Morgan fingerprint density at radius 2 is 0.621 bits per heavy atom. The third-order valence-corrected chi connectivity index (χ3v) is 11.2. The minimum absolute atomic E-state index is 0.0711. The van der Waals surface area contributed by atoms with Gasteiger partial charge in [-0.2, -0.15) is 0 Å². The van der Waals surface area contributed by atoms with Gasteiger partial charge in [0.2, 0.25) is 0 Å². The zero-order valence-electron chi connectivity index (χ0n) is 38.8. The largest absolute Gasteiger partial charge is 0.462 e. The summed E-state index contributed by atoms with van der Waals surface area (Å²) in [5.41, 5.74) is 0. The molecule has 0 bridgehead atoms. The van der Waals surface area contributed by atoms with E-state index in [0.717, 1.165) is 77.0 Å². The van der Waals surface area contributed by atoms with Gasteiger partial charge >= 0.3 is 17.9 Å². The van der Waals surface area contributed by atoms with Gasteiger partial charge in [-0.25, -0.2) is 0 Å². The third kappa shape index (κ3) is 45.0. The van der Waals surface area contributed by atoms with E-state index in [0.29, 0.717) is 19.3 Å². The molecule has 0 saturated heterocycles. The van der Waals surface area contributed by atoms with Gasteiger partial charge < -0.3 is 14.2 Å². The molecule has 340 valence electrons. The molecule has 0 aliphatic carbocycles. The standard InChI is InChI=1S/C52H96O6/c1-4-7-10-13-16-19-22-24-26-28-30-33-36-39-42-45-51(54)57-48-49(47-56-50(53)44-41-38-35-32-29-21-18-15-12-9-6-3)58-52(55)46-43-40-37-34-31-27-25-23-20-17-14-11-8-5-2/h16,19,24,26,49H,4-15,17-18,20-23,25,27-48H2,1-3H3/b19-16-,26-24-/t49-/m1/s1. The number of carbonyl (C=O) groups excluding carboxylic acids is 3. The number of hydrogen-bond acceptors (Lipinski definition) is 6. The summed E-state index contributed by atoms with van der Waals surface area (Å²) in [6.07, 6.45) is 52.9. The number of esters is 3. The Bertz CT molecular complexity index is 942. The Kier molecular flexibility index (Phi) is 45.8. The summed E-state index contributed by atoms with van der Waals surface area (Å²) in [6.45, 7) is 6.61. The van der Waals surface area contributed by atoms with Gasteiger partial charge in [0, 0.05) is 19.3 Å². The summed E-state index contributed by atoms with van der Waals surface area (Å²) in [7, 11) is 0. The second-order valence-electron chi connectivity index (χ2n) is 17.1. The second kappa shape index (κ2) is 47.6. The van der Waals surface area contributed by atoms with Crippen LogP contribution in [0.4, 0.5) is 0 Å². The fraction of sp³-hybridized carbons (Fsp3) is 0.865. The van der Waals surface area contributed by atoms with E-state index < -0.39 is 6.10 Å². The highest BCUT2D eigenvalue weighted by atomic mass is 16.6. The number of unbranched alkanes of at least 4 members (excludes halogenated alkanes) is 31. The minimum Gasteiger partial charge on any atom is -0.462 e. The monoisotopic (exact) mass is 817 g/mol.